The molecular weight excluding hydrogens is 761 g/mol. The molecule has 1 fully saturated rings. The first kappa shape index (κ1) is 40.2. The molecule has 0 unspecified atom stereocenters. The maximum absolute atomic E-state index is 13.3. The molecule has 1 aliphatic rings. The van der Waals surface area contributed by atoms with Gasteiger partial charge in [0.15, 0.2) is 0 Å². The number of ether oxygens (including phenoxy) is 3. The van der Waals surface area contributed by atoms with Gasteiger partial charge in [0.25, 0.3) is 5.56 Å². The Morgan fingerprint density at radius 3 is 2.32 bits per heavy atom. The summed E-state index contributed by atoms with van der Waals surface area (Å²) < 4.78 is 19.0. The minimum Gasteiger partial charge on any atom is -0.481 e. The zero-order valence-electron chi connectivity index (χ0n) is 31.9. The zero-order valence-corrected chi connectivity index (χ0v) is 33.5. The number of methoxy groups -OCH3 is 2. The summed E-state index contributed by atoms with van der Waals surface area (Å²) in [5.41, 5.74) is 3.84. The predicted molar refractivity (Wildman–Crippen MR) is 213 cm³/mol. The van der Waals surface area contributed by atoms with Crippen molar-refractivity contribution in [3.8, 4) is 39.4 Å². The molecule has 3 aromatic heterocycles. The van der Waals surface area contributed by atoms with Gasteiger partial charge in [0.1, 0.15) is 16.9 Å². The van der Waals surface area contributed by atoms with Crippen LogP contribution >= 0.6 is 23.2 Å². The highest BCUT2D eigenvalue weighted by Crippen LogP contribution is 2.42. The van der Waals surface area contributed by atoms with Crippen LogP contribution in [0.2, 0.25) is 10.0 Å². The highest BCUT2D eigenvalue weighted by molar-refractivity contribution is 6.39. The van der Waals surface area contributed by atoms with Crippen LogP contribution in [-0.2, 0) is 39.2 Å². The minimum atomic E-state index is -0.715. The summed E-state index contributed by atoms with van der Waals surface area (Å²) in [5, 5.41) is 11.3. The molecule has 0 spiro atoms. The van der Waals surface area contributed by atoms with Crippen LogP contribution in [-0.4, -0.2) is 81.0 Å². The monoisotopic (exact) mass is 803 g/mol. The Morgan fingerprint density at radius 1 is 1.00 bits per heavy atom. The van der Waals surface area contributed by atoms with Crippen molar-refractivity contribution >= 4 is 46.7 Å². The summed E-state index contributed by atoms with van der Waals surface area (Å²) in [6.07, 6.45) is 2.24. The van der Waals surface area contributed by atoms with Crippen LogP contribution in [0, 0.1) is 0 Å². The number of hydrogen-bond acceptors (Lipinski definition) is 10. The number of amides is 2. The number of esters is 1. The summed E-state index contributed by atoms with van der Waals surface area (Å²) in [7, 11) is 4.43. The summed E-state index contributed by atoms with van der Waals surface area (Å²) in [6.45, 7) is 5.95. The topological polar surface area (TPSA) is 158 Å². The lowest BCUT2D eigenvalue weighted by atomic mass is 9.97. The molecule has 14 nitrogen and oxygen atoms in total. The van der Waals surface area contributed by atoms with E-state index in [9.17, 15) is 19.2 Å². The summed E-state index contributed by atoms with van der Waals surface area (Å²) >= 11 is 14.2. The summed E-state index contributed by atoms with van der Waals surface area (Å²) in [4.78, 5) is 56.4. The number of carbonyl (C=O) groups excluding carboxylic acids is 3. The lowest BCUT2D eigenvalue weighted by Crippen LogP contribution is -2.43. The molecule has 16 heteroatoms. The van der Waals surface area contributed by atoms with Gasteiger partial charge in [-0.05, 0) is 45.4 Å². The first-order chi connectivity index (χ1) is 26.7. The number of aromatic nitrogens is 4. The van der Waals surface area contributed by atoms with E-state index in [1.165, 1.54) is 23.3 Å². The van der Waals surface area contributed by atoms with Crippen molar-refractivity contribution in [2.75, 3.05) is 27.3 Å². The van der Waals surface area contributed by atoms with Crippen LogP contribution in [0.5, 0.6) is 5.88 Å². The second kappa shape index (κ2) is 16.7. The second-order valence-corrected chi connectivity index (χ2v) is 15.1. The Kier molecular flexibility index (Phi) is 12.0. The molecule has 1 saturated heterocycles. The van der Waals surface area contributed by atoms with Gasteiger partial charge in [0.05, 0.1) is 49.6 Å². The van der Waals surface area contributed by atoms with Gasteiger partial charge in [-0.15, -0.1) is 0 Å². The lowest BCUT2D eigenvalue weighted by Gasteiger charge is -2.29. The van der Waals surface area contributed by atoms with Crippen LogP contribution in [0.3, 0.4) is 0 Å². The normalized spacial score (nSPS) is 14.1. The van der Waals surface area contributed by atoms with Gasteiger partial charge in [-0.25, -0.2) is 14.3 Å². The molecule has 1 atom stereocenters. The van der Waals surface area contributed by atoms with Gasteiger partial charge in [0.2, 0.25) is 11.8 Å². The Labute approximate surface area is 333 Å². The number of halogens is 2. The van der Waals surface area contributed by atoms with Crippen molar-refractivity contribution in [2.24, 2.45) is 7.05 Å². The lowest BCUT2D eigenvalue weighted by molar-refractivity contribution is -0.139. The third kappa shape index (κ3) is 8.83. The molecule has 0 aliphatic carbocycles. The summed E-state index contributed by atoms with van der Waals surface area (Å²) in [6, 6.07) is 16.3. The second-order valence-electron chi connectivity index (χ2n) is 14.4. The zero-order chi connectivity index (χ0) is 40.3. The first-order valence-electron chi connectivity index (χ1n) is 17.9. The van der Waals surface area contributed by atoms with E-state index < -0.39 is 17.7 Å². The molecule has 56 heavy (non-hydrogen) atoms. The van der Waals surface area contributed by atoms with Gasteiger partial charge in [-0.1, -0.05) is 59.6 Å². The number of nitrogens with zero attached hydrogens (tertiary/aromatic N) is 5. The molecule has 2 aromatic carbocycles. The molecule has 1 aliphatic heterocycles. The van der Waals surface area contributed by atoms with E-state index in [1.54, 1.807) is 45.0 Å². The molecule has 2 amide bonds. The standard InChI is InChI=1S/C40H43Cl2N7O7/c1-40(2,3)56-39(53)48(22-25-14-16-33(50)44-25)20-23-13-15-30(45-37(23)55-6)29-12-8-11-28(36(29)42)27-10-7-9-26(35(27)41)24-17-31-38(52)47(4)32(46-49(31)21-24)18-43-19-34(51)54-5/h7-13,15,17,21,25,43H,14,16,18-20,22H2,1-6H3,(H,44,50)/t25-/m0/s1. The minimum absolute atomic E-state index is 0.0275. The third-order valence-electron chi connectivity index (χ3n) is 9.26. The highest BCUT2D eigenvalue weighted by Gasteiger charge is 2.29. The molecule has 4 heterocycles. The third-order valence-corrected chi connectivity index (χ3v) is 10.1. The molecule has 5 aromatic rings. The van der Waals surface area contributed by atoms with Gasteiger partial charge in [-0.2, -0.15) is 5.10 Å². The number of hydrogen-bond donors (Lipinski definition) is 2. The smallest absolute Gasteiger partial charge is 0.410 e. The van der Waals surface area contributed by atoms with Crippen LogP contribution in [0.25, 0.3) is 39.0 Å². The van der Waals surface area contributed by atoms with Gasteiger partial charge in [-0.3, -0.25) is 24.3 Å². The van der Waals surface area contributed by atoms with Crippen molar-refractivity contribution in [2.45, 2.75) is 58.3 Å². The fourth-order valence-electron chi connectivity index (χ4n) is 6.46. The summed E-state index contributed by atoms with van der Waals surface area (Å²) in [5.74, 6) is 0.252. The van der Waals surface area contributed by atoms with E-state index in [2.05, 4.69) is 20.5 Å². The van der Waals surface area contributed by atoms with Crippen molar-refractivity contribution in [3.05, 3.63) is 92.6 Å². The Bertz CT molecular complexity index is 2370. The number of rotatable bonds is 12. The average molecular weight is 805 g/mol. The van der Waals surface area contributed by atoms with Gasteiger partial charge < -0.3 is 24.4 Å². The molecule has 0 radical (unpaired) electrons. The molecular formula is C40H43Cl2N7O7. The van der Waals surface area contributed by atoms with Crippen molar-refractivity contribution in [1.82, 2.24) is 34.7 Å². The van der Waals surface area contributed by atoms with E-state index in [0.29, 0.717) is 79.2 Å². The fourth-order valence-corrected chi connectivity index (χ4v) is 7.12. The predicted octanol–water partition coefficient (Wildman–Crippen LogP) is 6.02. The van der Waals surface area contributed by atoms with E-state index in [0.717, 1.165) is 0 Å². The Morgan fingerprint density at radius 2 is 1.68 bits per heavy atom. The fraction of sp³-hybridized carbons (Fsp3) is 0.350. The van der Waals surface area contributed by atoms with Crippen molar-refractivity contribution in [1.29, 1.82) is 0 Å². The molecule has 0 bridgehead atoms. The quantitative estimate of drug-likeness (QED) is 0.143. The molecule has 6 rings (SSSR count). The highest BCUT2D eigenvalue weighted by atomic mass is 35.5. The first-order valence-corrected chi connectivity index (χ1v) is 18.7. The van der Waals surface area contributed by atoms with Crippen LogP contribution in [0.15, 0.2) is 65.6 Å². The number of nitrogens with one attached hydrogen (secondary N) is 2. The maximum Gasteiger partial charge on any atom is 0.410 e. The Hall–Kier alpha value is -5.44. The number of pyridine rings is 1. The van der Waals surface area contributed by atoms with Crippen LogP contribution in [0.1, 0.15) is 45.0 Å². The largest absolute Gasteiger partial charge is 0.481 e. The van der Waals surface area contributed by atoms with E-state index in [4.69, 9.17) is 37.7 Å². The number of fused-ring (bicyclic) bond motifs is 1. The van der Waals surface area contributed by atoms with E-state index in [1.807, 2.05) is 48.5 Å². The molecule has 0 saturated carbocycles. The molecule has 2 N–H and O–H groups in total. The van der Waals surface area contributed by atoms with E-state index >= 15 is 0 Å². The van der Waals surface area contributed by atoms with Gasteiger partial charge in [0, 0.05) is 65.6 Å². The SMILES string of the molecule is COC(=O)CNCc1nn2cc(-c3cccc(-c4cccc(-c5ccc(CN(C[C@@H]6CCC(=O)N6)C(=O)OC(C)(C)C)c(OC)n5)c4Cl)c3Cl)cc2c(=O)n1C. The maximum atomic E-state index is 13.3. The van der Waals surface area contributed by atoms with Crippen LogP contribution < -0.4 is 20.9 Å². The number of benzene rings is 2. The van der Waals surface area contributed by atoms with Gasteiger partial charge >= 0.3 is 12.1 Å². The van der Waals surface area contributed by atoms with E-state index in [-0.39, 0.29) is 43.7 Å². The van der Waals surface area contributed by atoms with Crippen LogP contribution in [0.4, 0.5) is 4.79 Å². The number of carbonyl (C=O) groups is 3. The average Bonchev–Trinajstić information content (AvgIpc) is 3.78. The van der Waals surface area contributed by atoms with Crippen molar-refractivity contribution < 1.29 is 28.6 Å². The van der Waals surface area contributed by atoms with Crippen molar-refractivity contribution in [3.63, 3.8) is 0 Å². The molecule has 294 valence electrons. The Balaban J connectivity index is 1.29.